The Bertz CT molecular complexity index is 1760. The Morgan fingerprint density at radius 3 is 2.08 bits per heavy atom. The average molecular weight is 598 g/mol. The molecule has 0 aromatic heterocycles. The van der Waals surface area contributed by atoms with Crippen molar-refractivity contribution in [2.75, 3.05) is 20.9 Å². The lowest BCUT2D eigenvalue weighted by Crippen LogP contribution is -2.38. The number of sulfonamides is 2. The summed E-state index contributed by atoms with van der Waals surface area (Å²) in [6.07, 6.45) is 0. The molecule has 0 spiro atoms. The van der Waals surface area contributed by atoms with E-state index in [1.165, 1.54) is 36.4 Å². The van der Waals surface area contributed by atoms with Crippen molar-refractivity contribution in [1.82, 2.24) is 0 Å². The lowest BCUT2D eigenvalue weighted by atomic mass is 10.1. The van der Waals surface area contributed by atoms with Crippen LogP contribution in [-0.2, 0) is 24.8 Å². The van der Waals surface area contributed by atoms with Crippen LogP contribution in [0, 0.1) is 20.8 Å². The molecule has 0 aliphatic carbocycles. The van der Waals surface area contributed by atoms with Crippen molar-refractivity contribution in [3.63, 3.8) is 0 Å². The number of rotatable bonds is 9. The lowest BCUT2D eigenvalue weighted by molar-refractivity contribution is -0.114. The second-order valence-electron chi connectivity index (χ2n) is 9.25. The molecule has 1 amide bonds. The third kappa shape index (κ3) is 6.64. The molecular weight excluding hydrogens is 570 g/mol. The molecule has 4 aromatic carbocycles. The molecule has 0 saturated heterocycles. The van der Waals surface area contributed by atoms with Crippen molar-refractivity contribution in [3.8, 4) is 0 Å². The van der Waals surface area contributed by atoms with Crippen molar-refractivity contribution in [2.24, 2.45) is 0 Å². The molecule has 0 unspecified atom stereocenters. The highest BCUT2D eigenvalue weighted by atomic mass is 35.5. The minimum absolute atomic E-state index is 0.00976. The molecule has 8 nitrogen and oxygen atoms in total. The third-order valence-electron chi connectivity index (χ3n) is 6.12. The number of hydrogen-bond donors (Lipinski definition) is 2. The number of amides is 1. The zero-order valence-corrected chi connectivity index (χ0v) is 24.4. The second kappa shape index (κ2) is 11.7. The van der Waals surface area contributed by atoms with Gasteiger partial charge in [-0.1, -0.05) is 47.5 Å². The summed E-state index contributed by atoms with van der Waals surface area (Å²) in [5.74, 6) is -0.613. The fraction of sp³-hybridized carbons (Fsp3) is 0.138. The first-order valence-electron chi connectivity index (χ1n) is 12.2. The monoisotopic (exact) mass is 597 g/mol. The molecule has 0 bridgehead atoms. The standard InChI is InChI=1S/C29H28ClN3O5S2/c1-20-9-15-27(21(2)17-20)32-39(35,36)25-13-11-24(12-14-25)31-29(34)19-33(28-16-10-23(30)18-22(28)3)40(37,38)26-7-5-4-6-8-26/h4-18,32H,19H2,1-3H3,(H,31,34). The van der Waals surface area contributed by atoms with Crippen molar-refractivity contribution >= 4 is 54.6 Å². The van der Waals surface area contributed by atoms with Gasteiger partial charge in [-0.3, -0.25) is 13.8 Å². The van der Waals surface area contributed by atoms with E-state index in [0.29, 0.717) is 27.6 Å². The zero-order valence-electron chi connectivity index (χ0n) is 22.1. The Morgan fingerprint density at radius 1 is 0.775 bits per heavy atom. The SMILES string of the molecule is Cc1ccc(NS(=O)(=O)c2ccc(NC(=O)CN(c3ccc(Cl)cc3C)S(=O)(=O)c3ccccc3)cc2)c(C)c1. The molecular formula is C29H28ClN3O5S2. The van der Waals surface area contributed by atoms with Crippen LogP contribution in [0.25, 0.3) is 0 Å². The van der Waals surface area contributed by atoms with Gasteiger partial charge in [-0.15, -0.1) is 0 Å². The van der Waals surface area contributed by atoms with Crippen LogP contribution < -0.4 is 14.3 Å². The first kappa shape index (κ1) is 29.1. The second-order valence-corrected chi connectivity index (χ2v) is 13.2. The van der Waals surface area contributed by atoms with E-state index in [4.69, 9.17) is 11.6 Å². The van der Waals surface area contributed by atoms with E-state index in [1.54, 1.807) is 49.4 Å². The van der Waals surface area contributed by atoms with Gasteiger partial charge in [-0.05, 0) is 92.6 Å². The quantitative estimate of drug-likeness (QED) is 0.249. The number of hydrogen-bond acceptors (Lipinski definition) is 5. The van der Waals surface area contributed by atoms with Crippen LogP contribution >= 0.6 is 11.6 Å². The van der Waals surface area contributed by atoms with Crippen molar-refractivity contribution < 1.29 is 21.6 Å². The zero-order chi connectivity index (χ0) is 29.1. The van der Waals surface area contributed by atoms with Crippen LogP contribution in [0.4, 0.5) is 17.1 Å². The van der Waals surface area contributed by atoms with Gasteiger partial charge in [0.15, 0.2) is 0 Å². The molecule has 4 rings (SSSR count). The average Bonchev–Trinajstić information content (AvgIpc) is 2.90. The number of carbonyl (C=O) groups excluding carboxylic acids is 1. The highest BCUT2D eigenvalue weighted by molar-refractivity contribution is 7.93. The molecule has 208 valence electrons. The van der Waals surface area contributed by atoms with E-state index in [-0.39, 0.29) is 9.79 Å². The largest absolute Gasteiger partial charge is 0.325 e. The summed E-state index contributed by atoms with van der Waals surface area (Å²) in [6.45, 7) is 4.92. The molecule has 2 N–H and O–H groups in total. The fourth-order valence-electron chi connectivity index (χ4n) is 4.10. The van der Waals surface area contributed by atoms with Crippen LogP contribution in [-0.4, -0.2) is 29.3 Å². The fourth-order valence-corrected chi connectivity index (χ4v) is 6.96. The number of halogens is 1. The first-order valence-corrected chi connectivity index (χ1v) is 15.5. The highest BCUT2D eigenvalue weighted by Crippen LogP contribution is 2.29. The number of benzene rings is 4. The highest BCUT2D eigenvalue weighted by Gasteiger charge is 2.28. The van der Waals surface area contributed by atoms with E-state index in [9.17, 15) is 21.6 Å². The van der Waals surface area contributed by atoms with Crippen molar-refractivity contribution in [3.05, 3.63) is 113 Å². The number of anilines is 3. The van der Waals surface area contributed by atoms with Crippen LogP contribution in [0.5, 0.6) is 0 Å². The molecule has 0 fully saturated rings. The molecule has 11 heteroatoms. The molecule has 0 aliphatic rings. The van der Waals surface area contributed by atoms with Gasteiger partial charge < -0.3 is 5.32 Å². The first-order chi connectivity index (χ1) is 18.9. The maximum atomic E-state index is 13.5. The van der Waals surface area contributed by atoms with Gasteiger partial charge in [0.05, 0.1) is 21.2 Å². The van der Waals surface area contributed by atoms with Crippen LogP contribution in [0.2, 0.25) is 5.02 Å². The Labute approximate surface area is 239 Å². The van der Waals surface area contributed by atoms with E-state index < -0.39 is 32.5 Å². The maximum Gasteiger partial charge on any atom is 0.264 e. The van der Waals surface area contributed by atoms with Crippen LogP contribution in [0.15, 0.2) is 101 Å². The summed E-state index contributed by atoms with van der Waals surface area (Å²) in [5, 5.41) is 3.09. The van der Waals surface area contributed by atoms with Gasteiger partial charge in [-0.25, -0.2) is 16.8 Å². The summed E-state index contributed by atoms with van der Waals surface area (Å²) in [7, 11) is -7.97. The molecule has 0 heterocycles. The molecule has 0 aliphatic heterocycles. The topological polar surface area (TPSA) is 113 Å². The van der Waals surface area contributed by atoms with Gasteiger partial charge in [0.1, 0.15) is 6.54 Å². The maximum absolute atomic E-state index is 13.5. The van der Waals surface area contributed by atoms with Gasteiger partial charge in [0.2, 0.25) is 5.91 Å². The van der Waals surface area contributed by atoms with E-state index in [0.717, 1.165) is 15.4 Å². The normalized spacial score (nSPS) is 11.6. The van der Waals surface area contributed by atoms with E-state index >= 15 is 0 Å². The van der Waals surface area contributed by atoms with E-state index in [1.807, 2.05) is 26.0 Å². The molecule has 0 saturated carbocycles. The summed E-state index contributed by atoms with van der Waals surface area (Å²) >= 11 is 6.08. The third-order valence-corrected chi connectivity index (χ3v) is 9.51. The predicted molar refractivity (Wildman–Crippen MR) is 159 cm³/mol. The molecule has 0 radical (unpaired) electrons. The summed E-state index contributed by atoms with van der Waals surface area (Å²) in [4.78, 5) is 13.1. The summed E-state index contributed by atoms with van der Waals surface area (Å²) < 4.78 is 56.5. The van der Waals surface area contributed by atoms with Crippen LogP contribution in [0.3, 0.4) is 0 Å². The summed E-state index contributed by atoms with van der Waals surface area (Å²) in [5.41, 5.74) is 3.47. The smallest absolute Gasteiger partial charge is 0.264 e. The minimum atomic E-state index is -4.10. The predicted octanol–water partition coefficient (Wildman–Crippen LogP) is 5.90. The number of nitrogens with zero attached hydrogens (tertiary/aromatic N) is 1. The Kier molecular flexibility index (Phi) is 8.53. The lowest BCUT2D eigenvalue weighted by Gasteiger charge is -2.25. The minimum Gasteiger partial charge on any atom is -0.325 e. The molecule has 4 aromatic rings. The van der Waals surface area contributed by atoms with Gasteiger partial charge >= 0.3 is 0 Å². The van der Waals surface area contributed by atoms with Gasteiger partial charge in [-0.2, -0.15) is 0 Å². The van der Waals surface area contributed by atoms with Crippen LogP contribution in [0.1, 0.15) is 16.7 Å². The number of nitrogens with one attached hydrogen (secondary N) is 2. The Balaban J connectivity index is 1.55. The number of aryl methyl sites for hydroxylation is 3. The van der Waals surface area contributed by atoms with Gasteiger partial charge in [0.25, 0.3) is 20.0 Å². The number of carbonyl (C=O) groups is 1. The molecule has 0 atom stereocenters. The van der Waals surface area contributed by atoms with Crippen molar-refractivity contribution in [1.29, 1.82) is 0 Å². The van der Waals surface area contributed by atoms with E-state index in [2.05, 4.69) is 10.0 Å². The Morgan fingerprint density at radius 2 is 1.45 bits per heavy atom. The summed E-state index contributed by atoms with van der Waals surface area (Å²) in [6, 6.07) is 23.5. The van der Waals surface area contributed by atoms with Gasteiger partial charge in [0, 0.05) is 10.7 Å². The molecule has 40 heavy (non-hydrogen) atoms. The van der Waals surface area contributed by atoms with Crippen molar-refractivity contribution in [2.45, 2.75) is 30.6 Å². The Hall–Kier alpha value is -3.86.